The molecule has 0 aliphatic carbocycles. The summed E-state index contributed by atoms with van der Waals surface area (Å²) in [6, 6.07) is 4.45. The van der Waals surface area contributed by atoms with Gasteiger partial charge in [-0.1, -0.05) is 28.9 Å². The molecule has 4 aliphatic heterocycles. The van der Waals surface area contributed by atoms with Crippen LogP contribution in [-0.4, -0.2) is 81.1 Å². The molecular formula is C32H30ClF2N7O2S. The molecule has 2 aromatic carbocycles. The van der Waals surface area contributed by atoms with Crippen molar-refractivity contribution >= 4 is 60.9 Å². The van der Waals surface area contributed by atoms with Crippen molar-refractivity contribution in [2.75, 3.05) is 43.4 Å². The van der Waals surface area contributed by atoms with Crippen LogP contribution in [0.2, 0.25) is 5.02 Å². The van der Waals surface area contributed by atoms with Gasteiger partial charge < -0.3 is 20.3 Å². The van der Waals surface area contributed by atoms with Crippen molar-refractivity contribution in [1.29, 1.82) is 0 Å². The summed E-state index contributed by atoms with van der Waals surface area (Å²) < 4.78 is 38.0. The van der Waals surface area contributed by atoms with E-state index in [0.29, 0.717) is 36.5 Å². The standard InChI is InChI=1S/C32H30ClF2N7O2S/c1-2-5-23(43)41-13-8-21-22(41)15-42(21)29-18-14-19(33)24(17-6-7-20(34)28-27(17)37-30(36)45-28)25(35)26(18)38-31(39-29)44-16-32-9-3-11-40(32)12-4-10-32/h6-7,14,21-22H,3-4,8-13,15-16H2,1H3,(H2,36,37)/t21-,22-/m1/s1. The smallest absolute Gasteiger partial charge is 0.319 e. The third kappa shape index (κ3) is 4.42. The second-order valence-electron chi connectivity index (χ2n) is 12.3. The van der Waals surface area contributed by atoms with Gasteiger partial charge in [-0.3, -0.25) is 9.69 Å². The summed E-state index contributed by atoms with van der Waals surface area (Å²) in [5.74, 6) is 4.49. The highest BCUT2D eigenvalue weighted by atomic mass is 35.5. The zero-order chi connectivity index (χ0) is 31.0. The van der Waals surface area contributed by atoms with Crippen LogP contribution in [0.1, 0.15) is 39.0 Å². The molecule has 0 bridgehead atoms. The van der Waals surface area contributed by atoms with Crippen LogP contribution in [0.3, 0.4) is 0 Å². The molecule has 1 amide bonds. The fourth-order valence-corrected chi connectivity index (χ4v) is 8.90. The Labute approximate surface area is 267 Å². The average Bonchev–Trinajstić information content (AvgIpc) is 3.76. The Morgan fingerprint density at radius 1 is 1.16 bits per heavy atom. The average molecular weight is 650 g/mol. The molecule has 232 valence electrons. The van der Waals surface area contributed by atoms with Gasteiger partial charge in [0, 0.05) is 29.6 Å². The van der Waals surface area contributed by atoms with Gasteiger partial charge in [-0.2, -0.15) is 9.97 Å². The number of thiazole rings is 1. The molecule has 2 N–H and O–H groups in total. The molecule has 45 heavy (non-hydrogen) atoms. The SMILES string of the molecule is CC#CC(=O)N1CC[C@@H]2[C@H]1CN2c1nc(OCC23CCCN2CCC3)nc2c(F)c(-c3ccc(F)c4sc(N)nc34)c(Cl)cc12. The summed E-state index contributed by atoms with van der Waals surface area (Å²) >= 11 is 7.81. The lowest BCUT2D eigenvalue weighted by molar-refractivity contribution is -0.126. The van der Waals surface area contributed by atoms with E-state index in [2.05, 4.69) is 31.6 Å². The number of rotatable bonds is 5. The molecule has 9 nitrogen and oxygen atoms in total. The van der Waals surface area contributed by atoms with Crippen LogP contribution in [0, 0.1) is 23.5 Å². The molecule has 6 heterocycles. The Kier molecular flexibility index (Phi) is 6.78. The number of carbonyl (C=O) groups excluding carboxylic acids is 1. The number of nitrogen functional groups attached to an aromatic ring is 1. The largest absolute Gasteiger partial charge is 0.461 e. The van der Waals surface area contributed by atoms with Crippen LogP contribution in [0.25, 0.3) is 32.2 Å². The number of nitrogens with two attached hydrogens (primary N) is 1. The van der Waals surface area contributed by atoms with Crippen LogP contribution in [0.4, 0.5) is 19.7 Å². The molecule has 2 aromatic heterocycles. The molecule has 4 saturated heterocycles. The van der Waals surface area contributed by atoms with Crippen molar-refractivity contribution in [1.82, 2.24) is 24.8 Å². The van der Waals surface area contributed by atoms with E-state index < -0.39 is 11.6 Å². The highest BCUT2D eigenvalue weighted by Crippen LogP contribution is 2.45. The van der Waals surface area contributed by atoms with Gasteiger partial charge in [-0.15, -0.1) is 0 Å². The summed E-state index contributed by atoms with van der Waals surface area (Å²) in [6.07, 6.45) is 5.05. The normalized spacial score (nSPS) is 22.0. The molecule has 2 atom stereocenters. The highest BCUT2D eigenvalue weighted by molar-refractivity contribution is 7.22. The number of likely N-dealkylation sites (tertiary alicyclic amines) is 1. The lowest BCUT2D eigenvalue weighted by Crippen LogP contribution is -2.63. The minimum atomic E-state index is -0.675. The van der Waals surface area contributed by atoms with Gasteiger partial charge in [0.1, 0.15) is 23.8 Å². The summed E-state index contributed by atoms with van der Waals surface area (Å²) in [7, 11) is 0. The van der Waals surface area contributed by atoms with Crippen molar-refractivity contribution in [3.8, 4) is 29.0 Å². The number of hydrogen-bond donors (Lipinski definition) is 1. The quantitative estimate of drug-likeness (QED) is 0.293. The highest BCUT2D eigenvalue weighted by Gasteiger charge is 2.50. The van der Waals surface area contributed by atoms with E-state index >= 15 is 4.39 Å². The molecule has 8 rings (SSSR count). The van der Waals surface area contributed by atoms with Gasteiger partial charge in [0.25, 0.3) is 5.91 Å². The van der Waals surface area contributed by atoms with E-state index in [-0.39, 0.29) is 61.0 Å². The Morgan fingerprint density at radius 2 is 1.96 bits per heavy atom. The Balaban J connectivity index is 1.24. The van der Waals surface area contributed by atoms with Crippen LogP contribution >= 0.6 is 22.9 Å². The second kappa shape index (κ2) is 10.6. The minimum Gasteiger partial charge on any atom is -0.461 e. The molecule has 0 saturated carbocycles. The first-order valence-corrected chi connectivity index (χ1v) is 16.4. The molecule has 0 unspecified atom stereocenters. The lowest BCUT2D eigenvalue weighted by Gasteiger charge is -2.47. The maximum absolute atomic E-state index is 16.8. The van der Waals surface area contributed by atoms with Crippen LogP contribution in [-0.2, 0) is 4.79 Å². The molecular weight excluding hydrogens is 620 g/mol. The van der Waals surface area contributed by atoms with E-state index in [9.17, 15) is 9.18 Å². The predicted octanol–water partition coefficient (Wildman–Crippen LogP) is 5.24. The van der Waals surface area contributed by atoms with Crippen molar-refractivity contribution in [2.45, 2.75) is 56.7 Å². The van der Waals surface area contributed by atoms with Gasteiger partial charge in [0.2, 0.25) is 0 Å². The van der Waals surface area contributed by atoms with Crippen LogP contribution < -0.4 is 15.4 Å². The summed E-state index contributed by atoms with van der Waals surface area (Å²) in [5.41, 5.74) is 6.53. The van der Waals surface area contributed by atoms with E-state index in [1.54, 1.807) is 17.9 Å². The molecule has 0 spiro atoms. The third-order valence-corrected chi connectivity index (χ3v) is 11.2. The Bertz CT molecular complexity index is 1950. The first kappa shape index (κ1) is 28.7. The molecule has 0 radical (unpaired) electrons. The van der Waals surface area contributed by atoms with E-state index in [0.717, 1.165) is 56.5 Å². The third-order valence-electron chi connectivity index (χ3n) is 9.96. The number of ether oxygens (including phenoxy) is 1. The fourth-order valence-electron chi connectivity index (χ4n) is 7.84. The number of halogens is 3. The summed E-state index contributed by atoms with van der Waals surface area (Å²) in [4.78, 5) is 32.7. The summed E-state index contributed by atoms with van der Waals surface area (Å²) in [6.45, 7) is 5.26. The van der Waals surface area contributed by atoms with E-state index in [4.69, 9.17) is 27.1 Å². The number of aromatic nitrogens is 3. The van der Waals surface area contributed by atoms with Crippen LogP contribution in [0.5, 0.6) is 6.01 Å². The zero-order valence-electron chi connectivity index (χ0n) is 24.6. The Hall–Kier alpha value is -3.79. The maximum Gasteiger partial charge on any atom is 0.319 e. The van der Waals surface area contributed by atoms with Gasteiger partial charge in [0.15, 0.2) is 10.9 Å². The monoisotopic (exact) mass is 649 g/mol. The predicted molar refractivity (Wildman–Crippen MR) is 170 cm³/mol. The molecule has 4 aliphatic rings. The molecule has 13 heteroatoms. The van der Waals surface area contributed by atoms with Crippen molar-refractivity contribution < 1.29 is 18.3 Å². The van der Waals surface area contributed by atoms with E-state index in [1.807, 2.05) is 0 Å². The minimum absolute atomic E-state index is 0.00600. The fraction of sp³-hybridized carbons (Fsp3) is 0.438. The first-order valence-electron chi connectivity index (χ1n) is 15.2. The van der Waals surface area contributed by atoms with Gasteiger partial charge >= 0.3 is 6.01 Å². The number of nitrogens with zero attached hydrogens (tertiary/aromatic N) is 6. The number of amides is 1. The Morgan fingerprint density at radius 3 is 2.73 bits per heavy atom. The molecule has 4 aromatic rings. The zero-order valence-corrected chi connectivity index (χ0v) is 26.1. The van der Waals surface area contributed by atoms with Crippen molar-refractivity contribution in [3.05, 3.63) is 34.9 Å². The van der Waals surface area contributed by atoms with Gasteiger partial charge in [-0.05, 0) is 76.2 Å². The van der Waals surface area contributed by atoms with Crippen molar-refractivity contribution in [3.63, 3.8) is 0 Å². The second-order valence-corrected chi connectivity index (χ2v) is 13.7. The van der Waals surface area contributed by atoms with Crippen molar-refractivity contribution in [2.24, 2.45) is 0 Å². The topological polar surface area (TPSA) is 101 Å². The summed E-state index contributed by atoms with van der Waals surface area (Å²) in [5, 5.41) is 0.716. The lowest BCUT2D eigenvalue weighted by atomic mass is 9.95. The number of anilines is 2. The van der Waals surface area contributed by atoms with Crippen LogP contribution in [0.15, 0.2) is 18.2 Å². The molecule has 4 fully saturated rings. The first-order chi connectivity index (χ1) is 21.8. The van der Waals surface area contributed by atoms with E-state index in [1.165, 1.54) is 12.1 Å². The number of carbonyl (C=O) groups is 1. The number of fused-ring (bicyclic) bond motifs is 4. The maximum atomic E-state index is 16.8. The van der Waals surface area contributed by atoms with Gasteiger partial charge in [-0.25, -0.2) is 13.8 Å². The van der Waals surface area contributed by atoms with Gasteiger partial charge in [0.05, 0.1) is 32.9 Å². The number of hydrogen-bond acceptors (Lipinski definition) is 9. The number of benzene rings is 2.